The van der Waals surface area contributed by atoms with Gasteiger partial charge in [-0.25, -0.2) is 4.98 Å². The van der Waals surface area contributed by atoms with Gasteiger partial charge in [0, 0.05) is 31.4 Å². The predicted octanol–water partition coefficient (Wildman–Crippen LogP) is 2.91. The molecule has 1 amide bonds. The van der Waals surface area contributed by atoms with Crippen LogP contribution in [0.25, 0.3) is 0 Å². The highest BCUT2D eigenvalue weighted by Crippen LogP contribution is 2.34. The summed E-state index contributed by atoms with van der Waals surface area (Å²) >= 11 is 0. The molecule has 2 aliphatic rings. The fourth-order valence-corrected chi connectivity index (χ4v) is 4.19. The van der Waals surface area contributed by atoms with Gasteiger partial charge in [-0.3, -0.25) is 4.79 Å². The predicted molar refractivity (Wildman–Crippen MR) is 106 cm³/mol. The van der Waals surface area contributed by atoms with Crippen molar-refractivity contribution in [1.29, 1.82) is 5.26 Å². The Bertz CT molecular complexity index is 848. The molecule has 28 heavy (non-hydrogen) atoms. The Labute approximate surface area is 165 Å². The molecule has 6 nitrogen and oxygen atoms in total. The van der Waals surface area contributed by atoms with E-state index >= 15 is 0 Å². The summed E-state index contributed by atoms with van der Waals surface area (Å²) in [4.78, 5) is 21.4. The van der Waals surface area contributed by atoms with E-state index in [2.05, 4.69) is 16.0 Å². The number of ether oxygens (including phenoxy) is 1. The van der Waals surface area contributed by atoms with E-state index in [0.29, 0.717) is 18.7 Å². The van der Waals surface area contributed by atoms with Gasteiger partial charge < -0.3 is 14.5 Å². The van der Waals surface area contributed by atoms with Crippen LogP contribution in [0.3, 0.4) is 0 Å². The first-order valence-corrected chi connectivity index (χ1v) is 9.74. The fraction of sp³-hybridized carbons (Fsp3) is 0.409. The van der Waals surface area contributed by atoms with Gasteiger partial charge in [0.05, 0.1) is 11.7 Å². The standard InChI is InChI=1S/C22H24N4O2/c1-16(18-5-3-2-4-6-18)28-15-22(27)25-13-19-8-9-20(14-25)26(19)21-10-7-17(11-23)12-24-21/h2-7,10,12,16,19-20H,8-9,13-15H2,1H3/t16-,19-,20?/m0/s1. The van der Waals surface area contributed by atoms with Gasteiger partial charge in [0.1, 0.15) is 18.5 Å². The van der Waals surface area contributed by atoms with Gasteiger partial charge in [0.15, 0.2) is 0 Å². The van der Waals surface area contributed by atoms with Crippen LogP contribution in [0, 0.1) is 11.3 Å². The fourth-order valence-electron chi connectivity index (χ4n) is 4.19. The number of aromatic nitrogens is 1. The normalized spacial score (nSPS) is 22.0. The molecule has 1 unspecified atom stereocenters. The minimum absolute atomic E-state index is 0.0483. The highest BCUT2D eigenvalue weighted by molar-refractivity contribution is 5.78. The Morgan fingerprint density at radius 2 is 1.93 bits per heavy atom. The van der Waals surface area contributed by atoms with Crippen molar-refractivity contribution in [3.63, 3.8) is 0 Å². The highest BCUT2D eigenvalue weighted by Gasteiger charge is 2.41. The molecule has 2 bridgehead atoms. The molecule has 0 radical (unpaired) electrons. The number of nitriles is 1. The minimum atomic E-state index is -0.106. The summed E-state index contributed by atoms with van der Waals surface area (Å²) in [7, 11) is 0. The molecule has 0 N–H and O–H groups in total. The number of carbonyl (C=O) groups is 1. The van der Waals surface area contributed by atoms with E-state index in [1.165, 1.54) is 0 Å². The lowest BCUT2D eigenvalue weighted by atomic mass is 10.1. The molecular formula is C22H24N4O2. The van der Waals surface area contributed by atoms with E-state index in [9.17, 15) is 4.79 Å². The van der Waals surface area contributed by atoms with Crippen molar-refractivity contribution in [1.82, 2.24) is 9.88 Å². The third kappa shape index (κ3) is 3.71. The molecule has 1 aromatic heterocycles. The topological polar surface area (TPSA) is 69.5 Å². The smallest absolute Gasteiger partial charge is 0.248 e. The molecule has 3 heterocycles. The average molecular weight is 376 g/mol. The van der Waals surface area contributed by atoms with Gasteiger partial charge in [-0.2, -0.15) is 5.26 Å². The lowest BCUT2D eigenvalue weighted by Crippen LogP contribution is -2.56. The zero-order valence-corrected chi connectivity index (χ0v) is 16.0. The monoisotopic (exact) mass is 376 g/mol. The number of fused-ring (bicyclic) bond motifs is 2. The average Bonchev–Trinajstić information content (AvgIpc) is 3.01. The van der Waals surface area contributed by atoms with Crippen molar-refractivity contribution >= 4 is 11.7 Å². The van der Waals surface area contributed by atoms with Gasteiger partial charge in [-0.05, 0) is 37.5 Å². The minimum Gasteiger partial charge on any atom is -0.364 e. The number of anilines is 1. The van der Waals surface area contributed by atoms with Gasteiger partial charge in [-0.1, -0.05) is 30.3 Å². The second kappa shape index (κ2) is 7.99. The maximum Gasteiger partial charge on any atom is 0.248 e. The van der Waals surface area contributed by atoms with Gasteiger partial charge in [0.25, 0.3) is 0 Å². The van der Waals surface area contributed by atoms with Crippen LogP contribution >= 0.6 is 0 Å². The summed E-state index contributed by atoms with van der Waals surface area (Å²) in [6.07, 6.45) is 3.62. The van der Waals surface area contributed by atoms with Crippen molar-refractivity contribution in [2.75, 3.05) is 24.6 Å². The largest absolute Gasteiger partial charge is 0.364 e. The zero-order chi connectivity index (χ0) is 19.5. The van der Waals surface area contributed by atoms with Crippen LogP contribution in [0.4, 0.5) is 5.82 Å². The maximum absolute atomic E-state index is 12.7. The van der Waals surface area contributed by atoms with Crippen LogP contribution in [0.5, 0.6) is 0 Å². The quantitative estimate of drug-likeness (QED) is 0.803. The van der Waals surface area contributed by atoms with E-state index in [1.807, 2.05) is 48.2 Å². The SMILES string of the molecule is C[C@H](OCC(=O)N1CC2CC[C@@H](C1)N2c1ccc(C#N)cn1)c1ccccc1. The number of rotatable bonds is 5. The lowest BCUT2D eigenvalue weighted by Gasteiger charge is -2.41. The van der Waals surface area contributed by atoms with Crippen molar-refractivity contribution in [3.05, 3.63) is 59.8 Å². The van der Waals surface area contributed by atoms with Crippen molar-refractivity contribution in [2.45, 2.75) is 38.0 Å². The molecule has 0 spiro atoms. The molecule has 3 atom stereocenters. The molecule has 2 aliphatic heterocycles. The molecule has 0 saturated carbocycles. The van der Waals surface area contributed by atoms with Crippen LogP contribution in [-0.2, 0) is 9.53 Å². The molecule has 6 heteroatoms. The number of likely N-dealkylation sites (tertiary alicyclic amines) is 1. The first kappa shape index (κ1) is 18.5. The summed E-state index contributed by atoms with van der Waals surface area (Å²) in [6.45, 7) is 3.46. The maximum atomic E-state index is 12.7. The summed E-state index contributed by atoms with van der Waals surface area (Å²) in [6, 6.07) is 16.3. The zero-order valence-electron chi connectivity index (χ0n) is 16.0. The number of benzene rings is 1. The molecule has 4 rings (SSSR count). The van der Waals surface area contributed by atoms with Crippen LogP contribution < -0.4 is 4.90 Å². The Kier molecular flexibility index (Phi) is 5.27. The van der Waals surface area contributed by atoms with E-state index < -0.39 is 0 Å². The molecule has 2 aromatic rings. The molecule has 1 aromatic carbocycles. The van der Waals surface area contributed by atoms with E-state index in [1.54, 1.807) is 12.3 Å². The molecule has 2 fully saturated rings. The van der Waals surface area contributed by atoms with Crippen LogP contribution in [0.1, 0.15) is 37.0 Å². The number of hydrogen-bond donors (Lipinski definition) is 0. The third-order valence-electron chi connectivity index (χ3n) is 5.70. The van der Waals surface area contributed by atoms with Gasteiger partial charge in [-0.15, -0.1) is 0 Å². The molecular weight excluding hydrogens is 352 g/mol. The second-order valence-corrected chi connectivity index (χ2v) is 7.47. The number of piperazine rings is 1. The second-order valence-electron chi connectivity index (χ2n) is 7.47. The third-order valence-corrected chi connectivity index (χ3v) is 5.70. The molecule has 2 saturated heterocycles. The van der Waals surface area contributed by atoms with Gasteiger partial charge >= 0.3 is 0 Å². The van der Waals surface area contributed by atoms with Crippen molar-refractivity contribution in [3.8, 4) is 6.07 Å². The van der Waals surface area contributed by atoms with E-state index in [4.69, 9.17) is 10.00 Å². The first-order chi connectivity index (χ1) is 13.7. The summed E-state index contributed by atoms with van der Waals surface area (Å²) in [5, 5.41) is 8.95. The number of carbonyl (C=O) groups excluding carboxylic acids is 1. The molecule has 144 valence electrons. The summed E-state index contributed by atoms with van der Waals surface area (Å²) < 4.78 is 5.82. The highest BCUT2D eigenvalue weighted by atomic mass is 16.5. The Balaban J connectivity index is 1.36. The Morgan fingerprint density at radius 3 is 2.54 bits per heavy atom. The number of nitrogens with zero attached hydrogens (tertiary/aromatic N) is 4. The Morgan fingerprint density at radius 1 is 1.21 bits per heavy atom. The van der Waals surface area contributed by atoms with Crippen molar-refractivity contribution in [2.24, 2.45) is 0 Å². The van der Waals surface area contributed by atoms with Crippen LogP contribution in [0.2, 0.25) is 0 Å². The van der Waals surface area contributed by atoms with Crippen LogP contribution in [0.15, 0.2) is 48.7 Å². The molecule has 0 aliphatic carbocycles. The lowest BCUT2D eigenvalue weighted by molar-refractivity contribution is -0.139. The van der Waals surface area contributed by atoms with Gasteiger partial charge in [0.2, 0.25) is 5.91 Å². The van der Waals surface area contributed by atoms with Crippen molar-refractivity contribution < 1.29 is 9.53 Å². The van der Waals surface area contributed by atoms with E-state index in [-0.39, 0.29) is 30.7 Å². The number of pyridine rings is 1. The summed E-state index contributed by atoms with van der Waals surface area (Å²) in [5.41, 5.74) is 1.64. The summed E-state index contributed by atoms with van der Waals surface area (Å²) in [5.74, 6) is 0.944. The van der Waals surface area contributed by atoms with Crippen LogP contribution in [-0.4, -0.2) is 47.6 Å². The number of hydrogen-bond acceptors (Lipinski definition) is 5. The first-order valence-electron chi connectivity index (χ1n) is 9.74. The van der Waals surface area contributed by atoms with E-state index in [0.717, 1.165) is 24.2 Å². The Hall–Kier alpha value is -2.91. The number of amides is 1.